The molecule has 0 fully saturated rings. The molecule has 2 heterocycles. The highest BCUT2D eigenvalue weighted by atomic mass is 32.1. The number of ether oxygens (including phenoxy) is 2. The van der Waals surface area contributed by atoms with Crippen molar-refractivity contribution in [3.05, 3.63) is 45.4 Å². The van der Waals surface area contributed by atoms with Crippen LogP contribution in [-0.2, 0) is 19.1 Å². The van der Waals surface area contributed by atoms with Crippen LogP contribution in [0.1, 0.15) is 19.8 Å². The Kier molecular flexibility index (Phi) is 7.27. The van der Waals surface area contributed by atoms with Crippen molar-refractivity contribution in [2.24, 2.45) is 0 Å². The minimum absolute atomic E-state index is 0.162. The number of unbranched alkanes of at least 4 members (excludes halogenated alkanes) is 1. The van der Waals surface area contributed by atoms with E-state index in [0.717, 1.165) is 12.8 Å². The predicted molar refractivity (Wildman–Crippen MR) is 103 cm³/mol. The summed E-state index contributed by atoms with van der Waals surface area (Å²) in [6, 6.07) is 5.00. The van der Waals surface area contributed by atoms with Crippen LogP contribution in [0.25, 0.3) is 11.2 Å². The molecule has 11 heteroatoms. The third-order valence-corrected chi connectivity index (χ3v) is 3.95. The van der Waals surface area contributed by atoms with Crippen LogP contribution in [0, 0.1) is 0 Å². The summed E-state index contributed by atoms with van der Waals surface area (Å²) >= 11 is 2.83. The summed E-state index contributed by atoms with van der Waals surface area (Å²) < 4.78 is 20.9. The zero-order valence-electron chi connectivity index (χ0n) is 15.6. The lowest BCUT2D eigenvalue weighted by Gasteiger charge is -2.11. The number of methoxy groups -OCH3 is 2. The fraction of sp³-hybridized carbons (Fsp3) is 0.353. The molecule has 3 aromatic rings. The van der Waals surface area contributed by atoms with E-state index in [0.29, 0.717) is 23.8 Å². The van der Waals surface area contributed by atoms with Gasteiger partial charge in [0, 0.05) is 12.6 Å². The highest BCUT2D eigenvalue weighted by molar-refractivity contribution is 7.44. The fourth-order valence-electron chi connectivity index (χ4n) is 2.62. The Labute approximate surface area is 165 Å². The highest BCUT2D eigenvalue weighted by Crippen LogP contribution is 2.31. The maximum atomic E-state index is 12.3. The average Bonchev–Trinajstić information content (AvgIpc) is 3.13. The molecule has 1 N–H and O–H groups in total. The number of aromatic amines is 1. The number of imidazole rings is 1. The van der Waals surface area contributed by atoms with Crippen LogP contribution in [0.5, 0.6) is 17.2 Å². The largest absolute Gasteiger partial charge is 0.493 e. The molecule has 0 aliphatic carbocycles. The Hall–Kier alpha value is -3.21. The summed E-state index contributed by atoms with van der Waals surface area (Å²) in [6.45, 7) is 2.49. The lowest BCUT2D eigenvalue weighted by Crippen LogP contribution is -2.31. The number of fused-ring (bicyclic) bond motifs is 1. The van der Waals surface area contributed by atoms with E-state index in [4.69, 9.17) is 18.5 Å². The molecule has 1 aromatic carbocycles. The molecule has 0 atom stereocenters. The van der Waals surface area contributed by atoms with E-state index < -0.39 is 11.2 Å². The Morgan fingerprint density at radius 2 is 1.86 bits per heavy atom. The minimum atomic E-state index is -0.560. The number of aromatic nitrogens is 4. The number of hydrogen-bond acceptors (Lipinski definition) is 8. The number of aryl methyl sites for hydroxylation is 1. The van der Waals surface area contributed by atoms with Gasteiger partial charge in [-0.25, -0.2) is 9.78 Å². The first-order valence-corrected chi connectivity index (χ1v) is 8.69. The Morgan fingerprint density at radius 1 is 1.14 bits per heavy atom. The third kappa shape index (κ3) is 4.19. The summed E-state index contributed by atoms with van der Waals surface area (Å²) in [6.07, 6.45) is 3.07. The summed E-state index contributed by atoms with van der Waals surface area (Å²) in [7, 11) is 3.06. The van der Waals surface area contributed by atoms with Gasteiger partial charge in [-0.2, -0.15) is 8.94 Å². The zero-order chi connectivity index (χ0) is 20.7. The van der Waals surface area contributed by atoms with Gasteiger partial charge in [-0.1, -0.05) is 13.3 Å². The van der Waals surface area contributed by atoms with E-state index in [9.17, 15) is 9.59 Å². The van der Waals surface area contributed by atoms with Gasteiger partial charge in [-0.15, -0.1) is 0 Å². The third-order valence-electron chi connectivity index (χ3n) is 3.95. The van der Waals surface area contributed by atoms with Gasteiger partial charge in [-0.05, 0) is 18.6 Å². The number of hydrogen-bond donors (Lipinski definition) is 1. The van der Waals surface area contributed by atoms with Gasteiger partial charge in [0.15, 0.2) is 40.9 Å². The monoisotopic (exact) mass is 408 g/mol. The number of H-pyrrole nitrogens is 1. The van der Waals surface area contributed by atoms with Gasteiger partial charge in [0.2, 0.25) is 0 Å². The van der Waals surface area contributed by atoms with Gasteiger partial charge in [0.25, 0.3) is 5.56 Å². The van der Waals surface area contributed by atoms with Crippen molar-refractivity contribution in [3.8, 4) is 17.2 Å². The Bertz CT molecular complexity index is 1060. The highest BCUT2D eigenvalue weighted by Gasteiger charge is 2.15. The van der Waals surface area contributed by atoms with Crippen molar-refractivity contribution < 1.29 is 18.5 Å². The van der Waals surface area contributed by atoms with E-state index in [-0.39, 0.29) is 11.2 Å². The molecule has 0 saturated heterocycles. The molecule has 0 spiro atoms. The maximum Gasteiger partial charge on any atom is 0.330 e. The molecule has 28 heavy (non-hydrogen) atoms. The number of benzene rings is 1. The molecular formula is C17H20N4O6S. The normalized spacial score (nSPS) is 10.2. The van der Waals surface area contributed by atoms with Crippen LogP contribution in [-0.4, -0.2) is 37.7 Å². The first-order valence-electron chi connectivity index (χ1n) is 8.36. The van der Waals surface area contributed by atoms with E-state index in [1.807, 2.05) is 6.92 Å². The summed E-state index contributed by atoms with van der Waals surface area (Å²) in [5.74, 6) is 1.47. The zero-order valence-corrected chi connectivity index (χ0v) is 16.4. The van der Waals surface area contributed by atoms with Crippen molar-refractivity contribution in [3.63, 3.8) is 0 Å². The molecule has 150 valence electrons. The fourth-order valence-corrected chi connectivity index (χ4v) is 2.62. The number of nitrogens with zero attached hydrogens (tertiary/aromatic N) is 3. The van der Waals surface area contributed by atoms with Crippen LogP contribution in [0.4, 0.5) is 0 Å². The first-order chi connectivity index (χ1) is 13.6. The molecule has 0 aliphatic heterocycles. The average molecular weight is 408 g/mol. The van der Waals surface area contributed by atoms with Crippen molar-refractivity contribution in [1.82, 2.24) is 19.3 Å². The Morgan fingerprint density at radius 3 is 2.50 bits per heavy atom. The SMILES string of the molecule is CCCCn1c(=O)[nH]c(=O)c2c1ncn2Oc1ccc(OC)c(OC)c1.O=S. The van der Waals surface area contributed by atoms with Crippen molar-refractivity contribution in [2.45, 2.75) is 26.3 Å². The van der Waals surface area contributed by atoms with E-state index in [1.54, 1.807) is 18.2 Å². The predicted octanol–water partition coefficient (Wildman–Crippen LogP) is 1.21. The Balaban J connectivity index is 0.00000136. The molecule has 0 radical (unpaired) electrons. The quantitative estimate of drug-likeness (QED) is 0.620. The standard InChI is InChI=1S/C17H20N4O5.OS/c1-4-5-8-20-15-14(16(22)19-17(20)23)21(10-18-15)26-11-6-7-12(24-2)13(9-11)25-3;1-2/h6-7,9-10H,4-5,8H2,1-3H3,(H,19,22,23);. The summed E-state index contributed by atoms with van der Waals surface area (Å²) in [5.41, 5.74) is -0.591. The lowest BCUT2D eigenvalue weighted by atomic mass is 10.3. The molecule has 0 unspecified atom stereocenters. The van der Waals surface area contributed by atoms with Crippen LogP contribution in [0.2, 0.25) is 0 Å². The van der Waals surface area contributed by atoms with Gasteiger partial charge in [-0.3, -0.25) is 14.3 Å². The molecule has 0 bridgehead atoms. The molecular weight excluding hydrogens is 388 g/mol. The molecule has 3 rings (SSSR count). The molecule has 0 aliphatic rings. The minimum Gasteiger partial charge on any atom is -0.493 e. The topological polar surface area (TPSA) is 117 Å². The van der Waals surface area contributed by atoms with Gasteiger partial charge in [0.1, 0.15) is 6.33 Å². The van der Waals surface area contributed by atoms with Gasteiger partial charge in [0.05, 0.1) is 14.2 Å². The van der Waals surface area contributed by atoms with Gasteiger partial charge < -0.3 is 14.3 Å². The number of nitrogens with one attached hydrogen (secondary N) is 1. The van der Waals surface area contributed by atoms with Crippen LogP contribution in [0.3, 0.4) is 0 Å². The molecule has 10 nitrogen and oxygen atoms in total. The van der Waals surface area contributed by atoms with Crippen molar-refractivity contribution >= 4 is 23.7 Å². The molecule has 0 saturated carbocycles. The second kappa shape index (κ2) is 9.65. The summed E-state index contributed by atoms with van der Waals surface area (Å²) in [5, 5.41) is 0. The van der Waals surface area contributed by atoms with Gasteiger partial charge >= 0.3 is 5.69 Å². The molecule has 2 aromatic heterocycles. The van der Waals surface area contributed by atoms with Crippen LogP contribution >= 0.6 is 0 Å². The first kappa shape index (κ1) is 21.1. The van der Waals surface area contributed by atoms with E-state index in [1.165, 1.54) is 29.8 Å². The second-order valence-corrected chi connectivity index (χ2v) is 5.62. The van der Waals surface area contributed by atoms with E-state index >= 15 is 0 Å². The smallest absolute Gasteiger partial charge is 0.330 e. The van der Waals surface area contributed by atoms with Crippen LogP contribution < -0.4 is 25.6 Å². The van der Waals surface area contributed by atoms with Crippen molar-refractivity contribution in [2.75, 3.05) is 14.2 Å². The van der Waals surface area contributed by atoms with E-state index in [2.05, 4.69) is 22.5 Å². The second-order valence-electron chi connectivity index (χ2n) is 5.62. The molecule has 0 amide bonds. The number of rotatable bonds is 7. The lowest BCUT2D eigenvalue weighted by molar-refractivity contribution is 0.224. The summed E-state index contributed by atoms with van der Waals surface area (Å²) in [4.78, 5) is 36.6. The maximum absolute atomic E-state index is 12.3. The van der Waals surface area contributed by atoms with Crippen molar-refractivity contribution in [1.29, 1.82) is 0 Å². The van der Waals surface area contributed by atoms with Crippen LogP contribution in [0.15, 0.2) is 34.1 Å².